The highest BCUT2D eigenvalue weighted by Crippen LogP contribution is 2.50. The molecule has 0 N–H and O–H groups in total. The summed E-state index contributed by atoms with van der Waals surface area (Å²) in [6.07, 6.45) is 10.8. The lowest BCUT2D eigenvalue weighted by Crippen LogP contribution is -2.58. The molecule has 9 nitrogen and oxygen atoms in total. The molecule has 1 fully saturated rings. The molecule has 1 rings (SSSR count). The first kappa shape index (κ1) is 45.1. The van der Waals surface area contributed by atoms with Crippen LogP contribution >= 0.6 is 7.82 Å². The molecule has 0 heterocycles. The third-order valence-electron chi connectivity index (χ3n) is 9.97. The van der Waals surface area contributed by atoms with Crippen molar-refractivity contribution in [3.8, 4) is 6.07 Å². The van der Waals surface area contributed by atoms with E-state index < -0.39 is 33.4 Å². The molecule has 0 unspecified atom stereocenters. The van der Waals surface area contributed by atoms with E-state index in [0.29, 0.717) is 29.5 Å². The second kappa shape index (κ2) is 21.4. The van der Waals surface area contributed by atoms with Crippen LogP contribution in [0, 0.1) is 17.2 Å². The molecule has 1 aliphatic rings. The van der Waals surface area contributed by atoms with Crippen LogP contribution in [-0.4, -0.2) is 62.9 Å². The van der Waals surface area contributed by atoms with Gasteiger partial charge in [-0.1, -0.05) is 87.0 Å². The van der Waals surface area contributed by atoms with Crippen LogP contribution in [0.4, 0.5) is 4.79 Å². The highest BCUT2D eigenvalue weighted by molar-refractivity contribution is 7.48. The topological polar surface area (TPSA) is 107 Å². The zero-order valence-corrected chi connectivity index (χ0v) is 34.8. The van der Waals surface area contributed by atoms with E-state index in [2.05, 4.69) is 54.5 Å². The Morgan fingerprint density at radius 1 is 0.917 bits per heavy atom. The molecule has 1 aliphatic carbocycles. The predicted molar refractivity (Wildman–Crippen MR) is 199 cm³/mol. The molecule has 0 radical (unpaired) electrons. The Hall–Kier alpha value is -0.953. The first-order valence-corrected chi connectivity index (χ1v) is 22.7. The number of unbranched alkanes of at least 4 members (excludes halogenated alkanes) is 3. The predicted octanol–water partition coefficient (Wildman–Crippen LogP) is 11.6. The molecular formula is C37H73N2O7PSi. The number of nitriles is 1. The standard InChI is InChI=1S/C37H73N2O7PSi/c1-13-16-17-18-23-34(46-48(30(4)5,31(6)7)32(8)9)25-24-33-22-19-20-26-37(33,29-38)39(35(40)45-36(10,11)12)27-21-28-44-47(41,42-14-2)43-15-3/h30-34H,13-28H2,1-12H3/t33-,34-,37-/m0/s1. The van der Waals surface area contributed by atoms with E-state index in [-0.39, 0.29) is 38.4 Å². The Bertz CT molecular complexity index is 981. The number of ether oxygens (including phenoxy) is 1. The van der Waals surface area contributed by atoms with E-state index in [1.165, 1.54) is 19.3 Å². The van der Waals surface area contributed by atoms with E-state index in [9.17, 15) is 14.6 Å². The van der Waals surface area contributed by atoms with Gasteiger partial charge in [0.15, 0.2) is 0 Å². The average Bonchev–Trinajstić information content (AvgIpc) is 2.99. The van der Waals surface area contributed by atoms with Crippen molar-refractivity contribution in [3.63, 3.8) is 0 Å². The van der Waals surface area contributed by atoms with Crippen molar-refractivity contribution in [2.75, 3.05) is 26.4 Å². The number of hydrogen-bond acceptors (Lipinski definition) is 8. The zero-order chi connectivity index (χ0) is 36.6. The summed E-state index contributed by atoms with van der Waals surface area (Å²) in [5.74, 6) is -0.0161. The molecule has 0 aliphatic heterocycles. The third-order valence-corrected chi connectivity index (χ3v) is 17.8. The van der Waals surface area contributed by atoms with Crippen molar-refractivity contribution in [3.05, 3.63) is 0 Å². The molecule has 0 aromatic rings. The van der Waals surface area contributed by atoms with E-state index >= 15 is 0 Å². The maximum Gasteiger partial charge on any atom is 0.474 e. The number of rotatable bonds is 23. The zero-order valence-electron chi connectivity index (χ0n) is 32.9. The van der Waals surface area contributed by atoms with E-state index in [1.54, 1.807) is 18.7 Å². The van der Waals surface area contributed by atoms with Crippen molar-refractivity contribution in [1.29, 1.82) is 5.26 Å². The van der Waals surface area contributed by atoms with Gasteiger partial charge in [-0.3, -0.25) is 18.5 Å². The normalized spacial score (nSPS) is 19.9. The maximum atomic E-state index is 13.9. The Morgan fingerprint density at radius 3 is 2.02 bits per heavy atom. The molecule has 11 heteroatoms. The van der Waals surface area contributed by atoms with Crippen molar-refractivity contribution < 1.29 is 32.1 Å². The minimum absolute atomic E-state index is 0.0161. The largest absolute Gasteiger partial charge is 0.474 e. The van der Waals surface area contributed by atoms with Crippen LogP contribution in [0.15, 0.2) is 0 Å². The third kappa shape index (κ3) is 13.3. The Kier molecular flexibility index (Phi) is 20.1. The summed E-state index contributed by atoms with van der Waals surface area (Å²) in [6.45, 7) is 26.0. The number of hydrogen-bond donors (Lipinski definition) is 0. The second-order valence-corrected chi connectivity index (χ2v) is 22.6. The SMILES string of the molecule is CCCCCC[C@@H](CC[C@@H]1CCCC[C@@]1(C#N)N(CCCOP(=O)(OCC)OCC)C(=O)OC(C)(C)C)O[Si](C(C)C)(C(C)C)C(C)C. The summed E-state index contributed by atoms with van der Waals surface area (Å²) in [5, 5.41) is 11.0. The molecule has 0 aromatic carbocycles. The van der Waals surface area contributed by atoms with Crippen LogP contribution in [0.25, 0.3) is 0 Å². The number of phosphoric acid groups is 1. The molecule has 0 aromatic heterocycles. The molecule has 48 heavy (non-hydrogen) atoms. The lowest BCUT2D eigenvalue weighted by molar-refractivity contribution is -0.0186. The van der Waals surface area contributed by atoms with Gasteiger partial charge in [0, 0.05) is 12.6 Å². The molecule has 0 saturated heterocycles. The molecule has 0 bridgehead atoms. The fraction of sp³-hybridized carbons (Fsp3) is 0.946. The number of amides is 1. The fourth-order valence-electron chi connectivity index (χ4n) is 7.92. The monoisotopic (exact) mass is 716 g/mol. The Morgan fingerprint density at radius 2 is 1.52 bits per heavy atom. The van der Waals surface area contributed by atoms with Crippen LogP contribution in [0.5, 0.6) is 0 Å². The van der Waals surface area contributed by atoms with Gasteiger partial charge in [0.25, 0.3) is 0 Å². The molecule has 0 spiro atoms. The Labute approximate surface area is 296 Å². The first-order valence-electron chi connectivity index (χ1n) is 19.1. The molecule has 3 atom stereocenters. The highest BCUT2D eigenvalue weighted by atomic mass is 31.2. The molecule has 282 valence electrons. The quantitative estimate of drug-likeness (QED) is 0.0584. The molecule has 1 saturated carbocycles. The van der Waals surface area contributed by atoms with Gasteiger partial charge in [-0.15, -0.1) is 0 Å². The molecular weight excluding hydrogens is 643 g/mol. The van der Waals surface area contributed by atoms with Crippen molar-refractivity contribution in [1.82, 2.24) is 4.90 Å². The summed E-state index contributed by atoms with van der Waals surface area (Å²) in [7, 11) is -5.80. The average molecular weight is 717 g/mol. The van der Waals surface area contributed by atoms with Crippen LogP contribution < -0.4 is 0 Å². The summed E-state index contributed by atoms with van der Waals surface area (Å²) >= 11 is 0. The first-order chi connectivity index (χ1) is 22.5. The summed E-state index contributed by atoms with van der Waals surface area (Å²) < 4.78 is 42.4. The van der Waals surface area contributed by atoms with Crippen molar-refractivity contribution in [2.45, 2.75) is 194 Å². The van der Waals surface area contributed by atoms with Gasteiger partial charge < -0.3 is 9.16 Å². The van der Waals surface area contributed by atoms with Gasteiger partial charge in [0.1, 0.15) is 11.1 Å². The van der Waals surface area contributed by atoms with Gasteiger partial charge in [0.05, 0.1) is 25.9 Å². The maximum absolute atomic E-state index is 13.9. The van der Waals surface area contributed by atoms with Gasteiger partial charge in [-0.05, 0) is 95.7 Å². The summed E-state index contributed by atoms with van der Waals surface area (Å²) in [4.78, 5) is 15.6. The van der Waals surface area contributed by atoms with Crippen LogP contribution in [0.2, 0.25) is 16.6 Å². The minimum atomic E-state index is -3.69. The van der Waals surface area contributed by atoms with Crippen LogP contribution in [0.3, 0.4) is 0 Å². The number of phosphoric ester groups is 1. The van der Waals surface area contributed by atoms with Gasteiger partial charge >= 0.3 is 13.9 Å². The van der Waals surface area contributed by atoms with E-state index in [4.69, 9.17) is 22.7 Å². The number of carbonyl (C=O) groups is 1. The second-order valence-electron chi connectivity index (χ2n) is 15.6. The molecule has 1 amide bonds. The van der Waals surface area contributed by atoms with E-state index in [0.717, 1.165) is 44.9 Å². The van der Waals surface area contributed by atoms with Crippen molar-refractivity contribution >= 4 is 22.2 Å². The lowest BCUT2D eigenvalue weighted by Gasteiger charge is -2.48. The van der Waals surface area contributed by atoms with Gasteiger partial charge in [-0.25, -0.2) is 9.36 Å². The summed E-state index contributed by atoms with van der Waals surface area (Å²) in [6, 6.07) is 2.67. The lowest BCUT2D eigenvalue weighted by atomic mass is 9.70. The van der Waals surface area contributed by atoms with Gasteiger partial charge in [-0.2, -0.15) is 5.26 Å². The van der Waals surface area contributed by atoms with Crippen molar-refractivity contribution in [2.24, 2.45) is 5.92 Å². The van der Waals surface area contributed by atoms with E-state index in [1.807, 2.05) is 20.8 Å². The van der Waals surface area contributed by atoms with Gasteiger partial charge in [0.2, 0.25) is 8.32 Å². The highest BCUT2D eigenvalue weighted by Gasteiger charge is 2.50. The van der Waals surface area contributed by atoms with Crippen LogP contribution in [-0.2, 0) is 27.3 Å². The summed E-state index contributed by atoms with van der Waals surface area (Å²) in [5.41, 5.74) is -0.251. The smallest absolute Gasteiger partial charge is 0.444 e. The van der Waals surface area contributed by atoms with Crippen LogP contribution in [0.1, 0.15) is 160 Å². The minimum Gasteiger partial charge on any atom is -0.444 e. The Balaban J connectivity index is 3.39. The number of nitrogens with zero attached hydrogens (tertiary/aromatic N) is 2. The fourth-order valence-corrected chi connectivity index (χ4v) is 14.8. The number of carbonyl (C=O) groups excluding carboxylic acids is 1.